The summed E-state index contributed by atoms with van der Waals surface area (Å²) in [5.74, 6) is 1.26. The summed E-state index contributed by atoms with van der Waals surface area (Å²) < 4.78 is 15.9. The van der Waals surface area contributed by atoms with E-state index in [0.29, 0.717) is 24.8 Å². The van der Waals surface area contributed by atoms with E-state index >= 15 is 0 Å². The Morgan fingerprint density at radius 2 is 2.08 bits per heavy atom. The van der Waals surface area contributed by atoms with Gasteiger partial charge in [0.1, 0.15) is 12.0 Å². The molecule has 0 bridgehead atoms. The Hall–Kier alpha value is -2.54. The van der Waals surface area contributed by atoms with Crippen LogP contribution < -0.4 is 10.6 Å². The van der Waals surface area contributed by atoms with E-state index in [4.69, 9.17) is 0 Å². The fraction of sp³-hybridized carbons (Fsp3) is 0.389. The maximum Gasteiger partial charge on any atom is 0.155 e. The van der Waals surface area contributed by atoms with E-state index in [2.05, 4.69) is 31.8 Å². The Morgan fingerprint density at radius 1 is 1.16 bits per heavy atom. The summed E-state index contributed by atoms with van der Waals surface area (Å²) in [6, 6.07) is 5.51. The summed E-state index contributed by atoms with van der Waals surface area (Å²) >= 11 is 0. The highest BCUT2D eigenvalue weighted by molar-refractivity contribution is 5.61. The van der Waals surface area contributed by atoms with E-state index < -0.39 is 6.17 Å². The van der Waals surface area contributed by atoms with Crippen LogP contribution in [0.3, 0.4) is 0 Å². The number of halogens is 1. The molecule has 3 aromatic rings. The molecule has 25 heavy (non-hydrogen) atoms. The Balaban J connectivity index is 1.49. The lowest BCUT2D eigenvalue weighted by atomic mass is 10.2. The molecule has 128 valence electrons. The van der Waals surface area contributed by atoms with Gasteiger partial charge in [0.15, 0.2) is 5.65 Å². The smallest absolute Gasteiger partial charge is 0.155 e. The minimum atomic E-state index is -0.895. The normalized spacial score (nSPS) is 23.2. The standard InChI is InChI=1S/C18H19FN6/c19-12-6-20-7-14(12)24-17-3-1-2-13(23-17)16-8-22-18-9-21-15(10-25(16)18)11-4-5-11/h1-3,8-12,14,20H,4-7H2,(H,23,24)/t12-,14-/m0/s1. The third-order valence-corrected chi connectivity index (χ3v) is 4.90. The molecule has 1 saturated carbocycles. The van der Waals surface area contributed by atoms with Crippen LogP contribution in [0.4, 0.5) is 10.2 Å². The Bertz CT molecular complexity index is 919. The molecule has 1 aliphatic carbocycles. The predicted octanol–water partition coefficient (Wildman–Crippen LogP) is 2.39. The van der Waals surface area contributed by atoms with Crippen LogP contribution in [0.1, 0.15) is 24.5 Å². The summed E-state index contributed by atoms with van der Waals surface area (Å²) in [4.78, 5) is 13.6. The number of aromatic nitrogens is 4. The lowest BCUT2D eigenvalue weighted by molar-refractivity contribution is 0.342. The van der Waals surface area contributed by atoms with Crippen molar-refractivity contribution in [3.8, 4) is 11.4 Å². The molecule has 4 heterocycles. The molecular formula is C18H19FN6. The summed E-state index contributed by atoms with van der Waals surface area (Å²) in [5.41, 5.74) is 3.65. The van der Waals surface area contributed by atoms with Crippen molar-refractivity contribution in [3.63, 3.8) is 0 Å². The highest BCUT2D eigenvalue weighted by atomic mass is 19.1. The van der Waals surface area contributed by atoms with Gasteiger partial charge >= 0.3 is 0 Å². The first-order valence-electron chi connectivity index (χ1n) is 8.70. The van der Waals surface area contributed by atoms with E-state index in [-0.39, 0.29) is 6.04 Å². The molecule has 0 radical (unpaired) electrons. The zero-order chi connectivity index (χ0) is 16.8. The summed E-state index contributed by atoms with van der Waals surface area (Å²) in [6.45, 7) is 1.00. The van der Waals surface area contributed by atoms with Crippen LogP contribution in [-0.2, 0) is 0 Å². The van der Waals surface area contributed by atoms with Gasteiger partial charge in [0.25, 0.3) is 0 Å². The number of nitrogens with one attached hydrogen (secondary N) is 2. The molecule has 0 aromatic carbocycles. The van der Waals surface area contributed by atoms with Gasteiger partial charge in [-0.2, -0.15) is 0 Å². The predicted molar refractivity (Wildman–Crippen MR) is 93.4 cm³/mol. The monoisotopic (exact) mass is 338 g/mol. The molecule has 7 heteroatoms. The molecule has 2 atom stereocenters. The molecule has 1 saturated heterocycles. The number of pyridine rings is 1. The van der Waals surface area contributed by atoms with Gasteiger partial charge in [0.2, 0.25) is 0 Å². The molecule has 2 fully saturated rings. The van der Waals surface area contributed by atoms with Crippen molar-refractivity contribution in [1.29, 1.82) is 0 Å². The minimum absolute atomic E-state index is 0.240. The van der Waals surface area contributed by atoms with Crippen LogP contribution in [0, 0.1) is 0 Å². The first kappa shape index (κ1) is 14.8. The molecule has 0 amide bonds. The van der Waals surface area contributed by atoms with E-state index in [1.54, 1.807) is 0 Å². The maximum atomic E-state index is 13.8. The number of hydrogen-bond donors (Lipinski definition) is 2. The largest absolute Gasteiger partial charge is 0.363 e. The van der Waals surface area contributed by atoms with Gasteiger partial charge < -0.3 is 10.6 Å². The third-order valence-electron chi connectivity index (χ3n) is 4.90. The van der Waals surface area contributed by atoms with Gasteiger partial charge in [0, 0.05) is 25.2 Å². The van der Waals surface area contributed by atoms with Gasteiger partial charge in [-0.3, -0.25) is 9.38 Å². The Kier molecular flexibility index (Phi) is 3.41. The Labute approximate surface area is 144 Å². The van der Waals surface area contributed by atoms with Crippen molar-refractivity contribution in [2.45, 2.75) is 31.0 Å². The number of fused-ring (bicyclic) bond motifs is 1. The molecular weight excluding hydrogens is 319 g/mol. The Morgan fingerprint density at radius 3 is 2.88 bits per heavy atom. The van der Waals surface area contributed by atoms with Crippen LogP contribution in [0.25, 0.3) is 17.0 Å². The number of hydrogen-bond acceptors (Lipinski definition) is 5. The van der Waals surface area contributed by atoms with Crippen molar-refractivity contribution in [1.82, 2.24) is 24.7 Å². The van der Waals surface area contributed by atoms with Gasteiger partial charge in [-0.1, -0.05) is 6.07 Å². The average molecular weight is 338 g/mol. The van der Waals surface area contributed by atoms with Crippen LogP contribution >= 0.6 is 0 Å². The lowest BCUT2D eigenvalue weighted by Crippen LogP contribution is -2.29. The zero-order valence-electron chi connectivity index (χ0n) is 13.7. The summed E-state index contributed by atoms with van der Waals surface area (Å²) in [6.07, 6.45) is 7.22. The zero-order valence-corrected chi connectivity index (χ0v) is 13.7. The maximum absolute atomic E-state index is 13.8. The van der Waals surface area contributed by atoms with Crippen LogP contribution in [0.2, 0.25) is 0 Å². The average Bonchev–Trinajstić information content (AvgIpc) is 3.28. The molecule has 0 unspecified atom stereocenters. The first-order chi connectivity index (χ1) is 12.3. The second-order valence-corrected chi connectivity index (χ2v) is 6.79. The van der Waals surface area contributed by atoms with Crippen molar-refractivity contribution in [2.75, 3.05) is 18.4 Å². The number of imidazole rings is 1. The van der Waals surface area contributed by atoms with Crippen molar-refractivity contribution >= 4 is 11.5 Å². The van der Waals surface area contributed by atoms with Gasteiger partial charge in [-0.15, -0.1) is 0 Å². The van der Waals surface area contributed by atoms with E-state index in [9.17, 15) is 4.39 Å². The first-order valence-corrected chi connectivity index (χ1v) is 8.70. The minimum Gasteiger partial charge on any atom is -0.363 e. The molecule has 2 N–H and O–H groups in total. The quantitative estimate of drug-likeness (QED) is 0.765. The molecule has 5 rings (SSSR count). The van der Waals surface area contributed by atoms with Crippen LogP contribution in [0.5, 0.6) is 0 Å². The van der Waals surface area contributed by atoms with E-state index in [0.717, 1.165) is 22.7 Å². The molecule has 3 aromatic heterocycles. The van der Waals surface area contributed by atoms with Gasteiger partial charge in [-0.25, -0.2) is 14.4 Å². The highest BCUT2D eigenvalue weighted by Gasteiger charge is 2.27. The molecule has 6 nitrogen and oxygen atoms in total. The molecule has 1 aliphatic heterocycles. The number of nitrogens with zero attached hydrogens (tertiary/aromatic N) is 4. The third kappa shape index (κ3) is 2.74. The fourth-order valence-electron chi connectivity index (χ4n) is 3.32. The van der Waals surface area contributed by atoms with Crippen LogP contribution in [0.15, 0.2) is 36.8 Å². The number of rotatable bonds is 4. The number of anilines is 1. The second-order valence-electron chi connectivity index (χ2n) is 6.79. The topological polar surface area (TPSA) is 67.1 Å². The number of alkyl halides is 1. The fourth-order valence-corrected chi connectivity index (χ4v) is 3.32. The highest BCUT2D eigenvalue weighted by Crippen LogP contribution is 2.39. The van der Waals surface area contributed by atoms with Crippen molar-refractivity contribution in [3.05, 3.63) is 42.5 Å². The van der Waals surface area contributed by atoms with Crippen molar-refractivity contribution in [2.24, 2.45) is 0 Å². The van der Waals surface area contributed by atoms with Gasteiger partial charge in [-0.05, 0) is 25.0 Å². The van der Waals surface area contributed by atoms with E-state index in [1.165, 1.54) is 12.8 Å². The molecule has 2 aliphatic rings. The van der Waals surface area contributed by atoms with Crippen LogP contribution in [-0.4, -0.2) is 44.7 Å². The summed E-state index contributed by atoms with van der Waals surface area (Å²) in [5, 5.41) is 6.24. The molecule has 0 spiro atoms. The second kappa shape index (κ2) is 5.77. The summed E-state index contributed by atoms with van der Waals surface area (Å²) in [7, 11) is 0. The SMILES string of the molecule is F[C@H]1CNC[C@@H]1Nc1cccc(-c2cnc3cnc(C4CC4)cn23)n1. The lowest BCUT2D eigenvalue weighted by Gasteiger charge is -2.15. The van der Waals surface area contributed by atoms with Gasteiger partial charge in [0.05, 0.1) is 35.5 Å². The van der Waals surface area contributed by atoms with E-state index in [1.807, 2.05) is 35.0 Å². The van der Waals surface area contributed by atoms with Crippen molar-refractivity contribution < 1.29 is 4.39 Å².